The monoisotopic (exact) mass is 479 g/mol. The molecular formula is C22H26FN3O6S. The van der Waals surface area contributed by atoms with Crippen LogP contribution in [0.4, 0.5) is 4.39 Å². The average molecular weight is 480 g/mol. The Balaban J connectivity index is 1.69. The molecule has 11 heteroatoms. The number of hydrazine groups is 1. The van der Waals surface area contributed by atoms with Crippen molar-refractivity contribution in [2.45, 2.75) is 31.3 Å². The summed E-state index contributed by atoms with van der Waals surface area (Å²) in [6.45, 7) is 4.30. The van der Waals surface area contributed by atoms with E-state index in [2.05, 4.69) is 10.9 Å². The lowest BCUT2D eigenvalue weighted by Gasteiger charge is -2.27. The highest BCUT2D eigenvalue weighted by molar-refractivity contribution is 7.89. The third kappa shape index (κ3) is 5.86. The average Bonchev–Trinajstić information content (AvgIpc) is 2.83. The van der Waals surface area contributed by atoms with E-state index < -0.39 is 33.8 Å². The lowest BCUT2D eigenvalue weighted by atomic mass is 10.1. The number of para-hydroxylation sites is 1. The minimum absolute atomic E-state index is 0.0436. The van der Waals surface area contributed by atoms with Crippen LogP contribution in [-0.2, 0) is 26.0 Å². The molecule has 1 atom stereocenters. The van der Waals surface area contributed by atoms with Gasteiger partial charge in [0, 0.05) is 18.7 Å². The molecule has 1 aliphatic rings. The first-order chi connectivity index (χ1) is 15.7. The van der Waals surface area contributed by atoms with E-state index in [0.717, 1.165) is 0 Å². The number of sulfonamides is 1. The number of amides is 2. The van der Waals surface area contributed by atoms with Gasteiger partial charge in [-0.05, 0) is 43.2 Å². The number of hydrogen-bond acceptors (Lipinski definition) is 6. The summed E-state index contributed by atoms with van der Waals surface area (Å²) in [5.74, 6) is -2.13. The number of carbonyl (C=O) groups excluding carboxylic acids is 2. The predicted molar refractivity (Wildman–Crippen MR) is 117 cm³/mol. The fraction of sp³-hybridized carbons (Fsp3) is 0.364. The summed E-state index contributed by atoms with van der Waals surface area (Å²) in [6, 6.07) is 9.99. The summed E-state index contributed by atoms with van der Waals surface area (Å²) in [6.07, 6.45) is -0.635. The van der Waals surface area contributed by atoms with Crippen LogP contribution in [0.1, 0.15) is 29.8 Å². The molecule has 0 bridgehead atoms. The number of carbonyl (C=O) groups is 2. The van der Waals surface area contributed by atoms with E-state index in [1.807, 2.05) is 6.92 Å². The third-order valence-electron chi connectivity index (χ3n) is 5.11. The lowest BCUT2D eigenvalue weighted by Crippen LogP contribution is -2.47. The van der Waals surface area contributed by atoms with Crippen molar-refractivity contribution < 1.29 is 31.9 Å². The Morgan fingerprint density at radius 1 is 1.15 bits per heavy atom. The van der Waals surface area contributed by atoms with Gasteiger partial charge in [-0.3, -0.25) is 20.4 Å². The molecule has 1 unspecified atom stereocenters. The highest BCUT2D eigenvalue weighted by atomic mass is 32.2. The molecule has 0 aromatic heterocycles. The van der Waals surface area contributed by atoms with E-state index in [-0.39, 0.29) is 29.3 Å². The van der Waals surface area contributed by atoms with Crippen LogP contribution >= 0.6 is 0 Å². The smallest absolute Gasteiger partial charge is 0.279 e. The second-order valence-electron chi connectivity index (χ2n) is 7.33. The largest absolute Gasteiger partial charge is 0.478 e. The van der Waals surface area contributed by atoms with Crippen LogP contribution in [0.5, 0.6) is 5.75 Å². The molecule has 0 radical (unpaired) electrons. The Labute approximate surface area is 191 Å². The van der Waals surface area contributed by atoms with Gasteiger partial charge in [-0.15, -0.1) is 0 Å². The maximum Gasteiger partial charge on any atom is 0.279 e. The number of ether oxygens (including phenoxy) is 2. The maximum absolute atomic E-state index is 13.7. The number of aryl methyl sites for hydroxylation is 1. The van der Waals surface area contributed by atoms with Gasteiger partial charge < -0.3 is 9.47 Å². The van der Waals surface area contributed by atoms with E-state index in [4.69, 9.17) is 9.47 Å². The Bertz CT molecular complexity index is 1120. The summed E-state index contributed by atoms with van der Waals surface area (Å²) in [5.41, 5.74) is 5.08. The highest BCUT2D eigenvalue weighted by Gasteiger charge is 2.29. The standard InChI is InChI=1S/C22H26FN3O6S/c1-3-16-8-9-17(14-20(16)33(29,30)26-10-12-31-13-11-26)22(28)25-24-21(27)15(2)32-19-7-5-4-6-18(19)23/h4-9,14-15H,3,10-13H2,1-2H3,(H,24,27)(H,25,28). The van der Waals surface area contributed by atoms with Crippen LogP contribution in [0.25, 0.3) is 0 Å². The van der Waals surface area contributed by atoms with E-state index in [1.54, 1.807) is 12.1 Å². The first-order valence-electron chi connectivity index (χ1n) is 10.5. The molecule has 0 aliphatic carbocycles. The van der Waals surface area contributed by atoms with Gasteiger partial charge in [-0.25, -0.2) is 12.8 Å². The van der Waals surface area contributed by atoms with Gasteiger partial charge in [-0.1, -0.05) is 25.1 Å². The quantitative estimate of drug-likeness (QED) is 0.584. The molecule has 9 nitrogen and oxygen atoms in total. The molecule has 2 aromatic rings. The second-order valence-corrected chi connectivity index (χ2v) is 9.23. The van der Waals surface area contributed by atoms with Crippen molar-refractivity contribution in [2.24, 2.45) is 0 Å². The Hall–Kier alpha value is -3.02. The van der Waals surface area contributed by atoms with Gasteiger partial charge in [-0.2, -0.15) is 4.31 Å². The molecule has 1 fully saturated rings. The van der Waals surface area contributed by atoms with Gasteiger partial charge in [0.05, 0.1) is 18.1 Å². The number of benzene rings is 2. The molecule has 0 saturated carbocycles. The van der Waals surface area contributed by atoms with E-state index >= 15 is 0 Å². The Morgan fingerprint density at radius 2 is 1.85 bits per heavy atom. The molecule has 2 aromatic carbocycles. The number of hydrogen-bond donors (Lipinski definition) is 2. The molecule has 2 amide bonds. The lowest BCUT2D eigenvalue weighted by molar-refractivity contribution is -0.128. The zero-order valence-electron chi connectivity index (χ0n) is 18.3. The molecule has 33 heavy (non-hydrogen) atoms. The number of rotatable bonds is 7. The van der Waals surface area contributed by atoms with Gasteiger partial charge in [0.1, 0.15) is 0 Å². The van der Waals surface area contributed by atoms with Crippen LogP contribution in [0, 0.1) is 5.82 Å². The predicted octanol–water partition coefficient (Wildman–Crippen LogP) is 1.64. The fourth-order valence-electron chi connectivity index (χ4n) is 3.23. The van der Waals surface area contributed by atoms with Crippen LogP contribution < -0.4 is 15.6 Å². The minimum atomic E-state index is -3.81. The van der Waals surface area contributed by atoms with Crippen molar-refractivity contribution in [1.29, 1.82) is 0 Å². The van der Waals surface area contributed by atoms with Crippen molar-refractivity contribution in [3.05, 3.63) is 59.4 Å². The van der Waals surface area contributed by atoms with E-state index in [0.29, 0.717) is 25.2 Å². The fourth-order valence-corrected chi connectivity index (χ4v) is 4.96. The first-order valence-corrected chi connectivity index (χ1v) is 11.9. The molecule has 3 rings (SSSR count). The number of nitrogens with zero attached hydrogens (tertiary/aromatic N) is 1. The van der Waals surface area contributed by atoms with Crippen LogP contribution in [-0.4, -0.2) is 56.9 Å². The molecule has 178 valence electrons. The molecule has 1 saturated heterocycles. The Morgan fingerprint density at radius 3 is 2.52 bits per heavy atom. The topological polar surface area (TPSA) is 114 Å². The molecular weight excluding hydrogens is 453 g/mol. The first kappa shape index (κ1) is 24.6. The van der Waals surface area contributed by atoms with Crippen molar-refractivity contribution in [2.75, 3.05) is 26.3 Å². The van der Waals surface area contributed by atoms with Crippen molar-refractivity contribution >= 4 is 21.8 Å². The highest BCUT2D eigenvalue weighted by Crippen LogP contribution is 2.23. The Kier molecular flexibility index (Phi) is 8.01. The van der Waals surface area contributed by atoms with Crippen molar-refractivity contribution in [3.8, 4) is 5.75 Å². The minimum Gasteiger partial charge on any atom is -0.478 e. The SMILES string of the molecule is CCc1ccc(C(=O)NNC(=O)C(C)Oc2ccccc2F)cc1S(=O)(=O)N1CCOCC1. The summed E-state index contributed by atoms with van der Waals surface area (Å²) in [4.78, 5) is 24.9. The van der Waals surface area contributed by atoms with Crippen LogP contribution in [0.15, 0.2) is 47.4 Å². The number of halogens is 1. The van der Waals surface area contributed by atoms with Crippen molar-refractivity contribution in [3.63, 3.8) is 0 Å². The molecule has 0 spiro atoms. The van der Waals surface area contributed by atoms with Gasteiger partial charge in [0.15, 0.2) is 17.7 Å². The van der Waals surface area contributed by atoms with Gasteiger partial charge in [0.25, 0.3) is 11.8 Å². The zero-order valence-corrected chi connectivity index (χ0v) is 19.2. The van der Waals surface area contributed by atoms with E-state index in [9.17, 15) is 22.4 Å². The summed E-state index contributed by atoms with van der Waals surface area (Å²) < 4.78 is 51.8. The number of nitrogens with one attached hydrogen (secondary N) is 2. The normalized spacial score (nSPS) is 15.5. The van der Waals surface area contributed by atoms with Crippen LogP contribution in [0.2, 0.25) is 0 Å². The molecule has 1 aliphatic heterocycles. The van der Waals surface area contributed by atoms with Crippen LogP contribution in [0.3, 0.4) is 0 Å². The zero-order chi connectivity index (χ0) is 24.0. The summed E-state index contributed by atoms with van der Waals surface area (Å²) >= 11 is 0. The maximum atomic E-state index is 13.7. The van der Waals surface area contributed by atoms with Gasteiger partial charge in [0.2, 0.25) is 10.0 Å². The number of morpholine rings is 1. The third-order valence-corrected chi connectivity index (χ3v) is 7.09. The summed E-state index contributed by atoms with van der Waals surface area (Å²) in [7, 11) is -3.81. The van der Waals surface area contributed by atoms with E-state index in [1.165, 1.54) is 41.6 Å². The molecule has 1 heterocycles. The van der Waals surface area contributed by atoms with Crippen molar-refractivity contribution in [1.82, 2.24) is 15.2 Å². The van der Waals surface area contributed by atoms with Gasteiger partial charge >= 0.3 is 0 Å². The second kappa shape index (κ2) is 10.7. The summed E-state index contributed by atoms with van der Waals surface area (Å²) in [5, 5.41) is 0. The molecule has 2 N–H and O–H groups in total.